The van der Waals surface area contributed by atoms with Crippen molar-refractivity contribution in [3.8, 4) is 5.75 Å². The number of para-hydroxylation sites is 1. The van der Waals surface area contributed by atoms with Gasteiger partial charge in [0.2, 0.25) is 0 Å². The Bertz CT molecular complexity index is 358. The van der Waals surface area contributed by atoms with Gasteiger partial charge >= 0.3 is 0 Å². The number of hydrogen-bond acceptors (Lipinski definition) is 1. The molecule has 0 aliphatic heterocycles. The van der Waals surface area contributed by atoms with E-state index in [1.807, 2.05) is 30.3 Å². The van der Waals surface area contributed by atoms with Crippen LogP contribution in [0.4, 0.5) is 0 Å². The van der Waals surface area contributed by atoms with E-state index in [-0.39, 0.29) is 5.38 Å². The van der Waals surface area contributed by atoms with Crippen LogP contribution in [-0.4, -0.2) is 12.0 Å². The van der Waals surface area contributed by atoms with Crippen molar-refractivity contribution in [2.75, 3.05) is 6.61 Å². The Morgan fingerprint density at radius 3 is 2.82 bits per heavy atom. The fourth-order valence-electron chi connectivity index (χ4n) is 2.16. The molecule has 1 aliphatic carbocycles. The molecular formula is C15H19ClO. The first-order chi connectivity index (χ1) is 8.34. The lowest BCUT2D eigenvalue weighted by molar-refractivity contribution is 0.310. The first kappa shape index (κ1) is 12.5. The van der Waals surface area contributed by atoms with Crippen LogP contribution >= 0.6 is 11.6 Å². The molecule has 1 unspecified atom stereocenters. The van der Waals surface area contributed by atoms with E-state index in [9.17, 15) is 0 Å². The molecule has 0 fully saturated rings. The molecule has 0 bridgehead atoms. The largest absolute Gasteiger partial charge is 0.494 e. The summed E-state index contributed by atoms with van der Waals surface area (Å²) < 4.78 is 5.66. The summed E-state index contributed by atoms with van der Waals surface area (Å²) in [5.74, 6) is 0.959. The standard InChI is InChI=1S/C15H19ClO/c16-14-8-4-6-13(12-14)7-5-11-17-15-9-2-1-3-10-15/h1-3,9-10,12,14H,4-8,11H2. The van der Waals surface area contributed by atoms with E-state index in [1.54, 1.807) is 0 Å². The molecule has 2 heteroatoms. The third-order valence-electron chi connectivity index (χ3n) is 3.05. The fourth-order valence-corrected chi connectivity index (χ4v) is 2.49. The highest BCUT2D eigenvalue weighted by Gasteiger charge is 2.10. The van der Waals surface area contributed by atoms with Crippen molar-refractivity contribution in [3.05, 3.63) is 42.0 Å². The van der Waals surface area contributed by atoms with Crippen molar-refractivity contribution < 1.29 is 4.74 Å². The van der Waals surface area contributed by atoms with E-state index >= 15 is 0 Å². The minimum absolute atomic E-state index is 0.258. The van der Waals surface area contributed by atoms with Crippen molar-refractivity contribution in [1.82, 2.24) is 0 Å². The molecule has 0 heterocycles. The van der Waals surface area contributed by atoms with E-state index in [2.05, 4.69) is 6.08 Å². The van der Waals surface area contributed by atoms with Crippen LogP contribution in [0.3, 0.4) is 0 Å². The minimum Gasteiger partial charge on any atom is -0.494 e. The maximum absolute atomic E-state index is 6.11. The zero-order valence-corrected chi connectivity index (χ0v) is 10.8. The number of alkyl halides is 1. The second-order valence-corrected chi connectivity index (χ2v) is 5.06. The number of hydrogen-bond donors (Lipinski definition) is 0. The summed E-state index contributed by atoms with van der Waals surface area (Å²) in [7, 11) is 0. The molecule has 0 radical (unpaired) electrons. The van der Waals surface area contributed by atoms with Crippen LogP contribution in [0.1, 0.15) is 32.1 Å². The number of rotatable bonds is 5. The van der Waals surface area contributed by atoms with Gasteiger partial charge in [0, 0.05) is 0 Å². The molecule has 1 aromatic carbocycles. The minimum atomic E-state index is 0.258. The molecule has 0 aromatic heterocycles. The van der Waals surface area contributed by atoms with Crippen LogP contribution < -0.4 is 4.74 Å². The average Bonchev–Trinajstić information content (AvgIpc) is 2.36. The van der Waals surface area contributed by atoms with Crippen LogP contribution in [0.5, 0.6) is 5.75 Å². The summed E-state index contributed by atoms with van der Waals surface area (Å²) in [5, 5.41) is 0.258. The average molecular weight is 251 g/mol. The number of halogens is 1. The lowest BCUT2D eigenvalue weighted by atomic mass is 9.96. The molecular weight excluding hydrogens is 232 g/mol. The summed E-state index contributed by atoms with van der Waals surface area (Å²) in [5.41, 5.74) is 1.51. The first-order valence-corrected chi connectivity index (χ1v) is 6.80. The molecule has 0 saturated carbocycles. The Morgan fingerprint density at radius 1 is 1.24 bits per heavy atom. The molecule has 1 aromatic rings. The normalized spacial score (nSPS) is 19.8. The van der Waals surface area contributed by atoms with Crippen molar-refractivity contribution in [2.45, 2.75) is 37.5 Å². The SMILES string of the molecule is ClC1C=C(CCCOc2ccccc2)CCC1. The van der Waals surface area contributed by atoms with Gasteiger partial charge in [-0.2, -0.15) is 0 Å². The molecule has 2 rings (SSSR count). The monoisotopic (exact) mass is 250 g/mol. The van der Waals surface area contributed by atoms with E-state index in [1.165, 1.54) is 18.4 Å². The second-order valence-electron chi connectivity index (χ2n) is 4.50. The fraction of sp³-hybridized carbons (Fsp3) is 0.467. The van der Waals surface area contributed by atoms with Crippen molar-refractivity contribution >= 4 is 11.6 Å². The molecule has 0 spiro atoms. The topological polar surface area (TPSA) is 9.23 Å². The van der Waals surface area contributed by atoms with Crippen LogP contribution in [0.25, 0.3) is 0 Å². The van der Waals surface area contributed by atoms with Gasteiger partial charge in [0.15, 0.2) is 0 Å². The van der Waals surface area contributed by atoms with Gasteiger partial charge in [-0.05, 0) is 44.2 Å². The third-order valence-corrected chi connectivity index (χ3v) is 3.39. The zero-order valence-electron chi connectivity index (χ0n) is 10.1. The smallest absolute Gasteiger partial charge is 0.119 e. The van der Waals surface area contributed by atoms with Gasteiger partial charge in [0.25, 0.3) is 0 Å². The second kappa shape index (κ2) is 6.70. The summed E-state index contributed by atoms with van der Waals surface area (Å²) in [4.78, 5) is 0. The number of allylic oxidation sites excluding steroid dienone is 2. The first-order valence-electron chi connectivity index (χ1n) is 6.36. The van der Waals surface area contributed by atoms with Gasteiger partial charge in [-0.1, -0.05) is 29.8 Å². The van der Waals surface area contributed by atoms with Gasteiger partial charge in [0.1, 0.15) is 5.75 Å². The zero-order chi connectivity index (χ0) is 11.9. The molecule has 0 saturated heterocycles. The summed E-state index contributed by atoms with van der Waals surface area (Å²) in [6.07, 6.45) is 8.01. The number of benzene rings is 1. The van der Waals surface area contributed by atoms with Crippen molar-refractivity contribution in [1.29, 1.82) is 0 Å². The van der Waals surface area contributed by atoms with Gasteiger partial charge in [-0.15, -0.1) is 11.6 Å². The molecule has 92 valence electrons. The van der Waals surface area contributed by atoms with E-state index in [0.29, 0.717) is 0 Å². The highest BCUT2D eigenvalue weighted by atomic mass is 35.5. The Labute approximate surface area is 108 Å². The van der Waals surface area contributed by atoms with Crippen LogP contribution in [0.2, 0.25) is 0 Å². The maximum atomic E-state index is 6.11. The van der Waals surface area contributed by atoms with Crippen LogP contribution in [-0.2, 0) is 0 Å². The molecule has 1 nitrogen and oxygen atoms in total. The van der Waals surface area contributed by atoms with Crippen molar-refractivity contribution in [2.24, 2.45) is 0 Å². The summed E-state index contributed by atoms with van der Waals surface area (Å²) in [6.45, 7) is 0.786. The lowest BCUT2D eigenvalue weighted by Gasteiger charge is -2.16. The molecule has 17 heavy (non-hydrogen) atoms. The van der Waals surface area contributed by atoms with Crippen LogP contribution in [0.15, 0.2) is 42.0 Å². The summed E-state index contributed by atoms with van der Waals surface area (Å²) >= 11 is 6.11. The van der Waals surface area contributed by atoms with E-state index in [0.717, 1.165) is 31.6 Å². The highest BCUT2D eigenvalue weighted by molar-refractivity contribution is 6.21. The molecule has 0 amide bonds. The van der Waals surface area contributed by atoms with Crippen molar-refractivity contribution in [3.63, 3.8) is 0 Å². The van der Waals surface area contributed by atoms with Gasteiger partial charge in [0.05, 0.1) is 12.0 Å². The van der Waals surface area contributed by atoms with Gasteiger partial charge < -0.3 is 4.74 Å². The Hall–Kier alpha value is -0.950. The predicted molar refractivity (Wildman–Crippen MR) is 72.7 cm³/mol. The predicted octanol–water partition coefficient (Wildman–Crippen LogP) is 4.56. The molecule has 0 N–H and O–H groups in total. The maximum Gasteiger partial charge on any atom is 0.119 e. The molecule has 1 aliphatic rings. The Morgan fingerprint density at radius 2 is 2.06 bits per heavy atom. The number of ether oxygens (including phenoxy) is 1. The lowest BCUT2D eigenvalue weighted by Crippen LogP contribution is -2.05. The quantitative estimate of drug-likeness (QED) is 0.423. The van der Waals surface area contributed by atoms with Crippen LogP contribution in [0, 0.1) is 0 Å². The molecule has 1 atom stereocenters. The third kappa shape index (κ3) is 4.43. The highest BCUT2D eigenvalue weighted by Crippen LogP contribution is 2.24. The van der Waals surface area contributed by atoms with Gasteiger partial charge in [-0.25, -0.2) is 0 Å². The summed E-state index contributed by atoms with van der Waals surface area (Å²) in [6, 6.07) is 9.98. The Balaban J connectivity index is 1.66. The van der Waals surface area contributed by atoms with Gasteiger partial charge in [-0.3, -0.25) is 0 Å². The van der Waals surface area contributed by atoms with E-state index < -0.39 is 0 Å². The van der Waals surface area contributed by atoms with E-state index in [4.69, 9.17) is 16.3 Å². The Kier molecular flexibility index (Phi) is 4.93.